The molecule has 0 atom stereocenters. The maximum Gasteiger partial charge on any atom is 0.416 e. The molecule has 0 unspecified atom stereocenters. The topological polar surface area (TPSA) is 29.3 Å². The van der Waals surface area contributed by atoms with Crippen molar-refractivity contribution in [1.82, 2.24) is 4.90 Å². The maximum atomic E-state index is 12.5. The highest BCUT2D eigenvalue weighted by atomic mass is 19.4. The lowest BCUT2D eigenvalue weighted by Gasteiger charge is -2.21. The molecule has 5 heteroatoms. The molecule has 0 saturated carbocycles. The summed E-state index contributed by atoms with van der Waals surface area (Å²) in [4.78, 5) is 2.16. The molecule has 0 fully saturated rings. The van der Waals surface area contributed by atoms with Crippen LogP contribution in [0.2, 0.25) is 0 Å². The van der Waals surface area contributed by atoms with Gasteiger partial charge in [-0.15, -0.1) is 0 Å². The molecule has 2 aromatic rings. The van der Waals surface area contributed by atoms with E-state index in [0.717, 1.165) is 42.0 Å². The molecule has 0 aliphatic rings. The highest BCUT2D eigenvalue weighted by Crippen LogP contribution is 2.29. The van der Waals surface area contributed by atoms with E-state index in [1.54, 1.807) is 0 Å². The van der Waals surface area contributed by atoms with E-state index in [4.69, 9.17) is 5.73 Å². The number of benzene rings is 2. The molecule has 0 aliphatic heterocycles. The van der Waals surface area contributed by atoms with Crippen molar-refractivity contribution in [3.63, 3.8) is 0 Å². The minimum Gasteiger partial charge on any atom is -0.399 e. The summed E-state index contributed by atoms with van der Waals surface area (Å²) in [6.07, 6.45) is -4.28. The Kier molecular flexibility index (Phi) is 5.08. The number of halogens is 3. The summed E-state index contributed by atoms with van der Waals surface area (Å²) in [5, 5.41) is 0. The van der Waals surface area contributed by atoms with Crippen LogP contribution < -0.4 is 5.73 Å². The third-order valence-corrected chi connectivity index (χ3v) is 3.52. The average Bonchev–Trinajstić information content (AvgIpc) is 2.48. The standard InChI is InChI=1S/C17H19F3N2/c1-2-22(12-14-5-9-16(21)10-6-14)11-13-3-7-15(8-4-13)17(18,19)20/h3-10H,2,11-12,21H2,1H3. The Bertz CT molecular complexity index is 589. The summed E-state index contributed by atoms with van der Waals surface area (Å²) in [6, 6.07) is 13.0. The number of hydrogen-bond acceptors (Lipinski definition) is 2. The quantitative estimate of drug-likeness (QED) is 0.834. The van der Waals surface area contributed by atoms with E-state index in [1.165, 1.54) is 12.1 Å². The maximum absolute atomic E-state index is 12.5. The van der Waals surface area contributed by atoms with Crippen molar-refractivity contribution in [2.45, 2.75) is 26.2 Å². The van der Waals surface area contributed by atoms with E-state index in [-0.39, 0.29) is 0 Å². The Labute approximate surface area is 128 Å². The first kappa shape index (κ1) is 16.4. The number of anilines is 1. The van der Waals surface area contributed by atoms with Gasteiger partial charge in [0.15, 0.2) is 0 Å². The van der Waals surface area contributed by atoms with Crippen molar-refractivity contribution in [2.75, 3.05) is 12.3 Å². The van der Waals surface area contributed by atoms with Crippen LogP contribution in [0.25, 0.3) is 0 Å². The zero-order chi connectivity index (χ0) is 16.2. The first-order chi connectivity index (χ1) is 10.4. The minimum atomic E-state index is -4.28. The van der Waals surface area contributed by atoms with Crippen LogP contribution in [0, 0.1) is 0 Å². The van der Waals surface area contributed by atoms with Crippen molar-refractivity contribution in [2.24, 2.45) is 0 Å². The Morgan fingerprint density at radius 3 is 1.73 bits per heavy atom. The van der Waals surface area contributed by atoms with Crippen LogP contribution in [0.15, 0.2) is 48.5 Å². The summed E-state index contributed by atoms with van der Waals surface area (Å²) in [5.74, 6) is 0. The number of nitrogen functional groups attached to an aromatic ring is 1. The lowest BCUT2D eigenvalue weighted by molar-refractivity contribution is -0.137. The van der Waals surface area contributed by atoms with E-state index in [2.05, 4.69) is 4.90 Å². The first-order valence-electron chi connectivity index (χ1n) is 7.11. The number of rotatable bonds is 5. The number of alkyl halides is 3. The van der Waals surface area contributed by atoms with Gasteiger partial charge in [0, 0.05) is 18.8 Å². The van der Waals surface area contributed by atoms with Gasteiger partial charge in [-0.2, -0.15) is 13.2 Å². The van der Waals surface area contributed by atoms with Crippen molar-refractivity contribution in [3.05, 3.63) is 65.2 Å². The number of hydrogen-bond donors (Lipinski definition) is 1. The second-order valence-electron chi connectivity index (χ2n) is 5.24. The molecule has 0 saturated heterocycles. The highest BCUT2D eigenvalue weighted by molar-refractivity contribution is 5.39. The Balaban J connectivity index is 2.02. The molecule has 0 amide bonds. The Morgan fingerprint density at radius 1 is 0.864 bits per heavy atom. The normalized spacial score (nSPS) is 11.9. The second-order valence-corrected chi connectivity index (χ2v) is 5.24. The molecule has 0 bridgehead atoms. The molecule has 0 aromatic heterocycles. The highest BCUT2D eigenvalue weighted by Gasteiger charge is 2.29. The zero-order valence-corrected chi connectivity index (χ0v) is 12.4. The monoisotopic (exact) mass is 308 g/mol. The van der Waals surface area contributed by atoms with Crippen LogP contribution in [0.4, 0.5) is 18.9 Å². The van der Waals surface area contributed by atoms with Gasteiger partial charge in [-0.1, -0.05) is 31.2 Å². The van der Waals surface area contributed by atoms with E-state index in [9.17, 15) is 13.2 Å². The smallest absolute Gasteiger partial charge is 0.399 e. The predicted octanol–water partition coefficient (Wildman–Crippen LogP) is 4.31. The van der Waals surface area contributed by atoms with Gasteiger partial charge in [-0.05, 0) is 41.9 Å². The van der Waals surface area contributed by atoms with Crippen LogP contribution >= 0.6 is 0 Å². The summed E-state index contributed by atoms with van der Waals surface area (Å²) >= 11 is 0. The molecule has 2 aromatic carbocycles. The lowest BCUT2D eigenvalue weighted by atomic mass is 10.1. The van der Waals surface area contributed by atoms with Crippen molar-refractivity contribution in [3.8, 4) is 0 Å². The van der Waals surface area contributed by atoms with Gasteiger partial charge in [0.05, 0.1) is 5.56 Å². The first-order valence-corrected chi connectivity index (χ1v) is 7.11. The van der Waals surface area contributed by atoms with E-state index < -0.39 is 11.7 Å². The summed E-state index contributed by atoms with van der Waals surface area (Å²) in [6.45, 7) is 4.18. The lowest BCUT2D eigenvalue weighted by Crippen LogP contribution is -2.22. The van der Waals surface area contributed by atoms with Gasteiger partial charge in [0.25, 0.3) is 0 Å². The molecule has 0 spiro atoms. The fourth-order valence-electron chi connectivity index (χ4n) is 2.22. The third-order valence-electron chi connectivity index (χ3n) is 3.52. The van der Waals surface area contributed by atoms with E-state index in [0.29, 0.717) is 6.54 Å². The largest absolute Gasteiger partial charge is 0.416 e. The van der Waals surface area contributed by atoms with Gasteiger partial charge in [-0.3, -0.25) is 4.90 Å². The van der Waals surface area contributed by atoms with Crippen LogP contribution in [-0.2, 0) is 19.3 Å². The predicted molar refractivity (Wildman–Crippen MR) is 82.1 cm³/mol. The van der Waals surface area contributed by atoms with E-state index >= 15 is 0 Å². The van der Waals surface area contributed by atoms with Gasteiger partial charge in [0.1, 0.15) is 0 Å². The summed E-state index contributed by atoms with van der Waals surface area (Å²) < 4.78 is 37.6. The fourth-order valence-corrected chi connectivity index (χ4v) is 2.22. The van der Waals surface area contributed by atoms with Crippen molar-refractivity contribution >= 4 is 5.69 Å². The molecule has 2 nitrogen and oxygen atoms in total. The van der Waals surface area contributed by atoms with Gasteiger partial charge < -0.3 is 5.73 Å². The van der Waals surface area contributed by atoms with Crippen molar-refractivity contribution < 1.29 is 13.2 Å². The number of nitrogens with zero attached hydrogens (tertiary/aromatic N) is 1. The third kappa shape index (κ3) is 4.49. The average molecular weight is 308 g/mol. The molecule has 0 radical (unpaired) electrons. The summed E-state index contributed by atoms with van der Waals surface area (Å²) in [5.41, 5.74) is 7.76. The van der Waals surface area contributed by atoms with Crippen molar-refractivity contribution in [1.29, 1.82) is 0 Å². The van der Waals surface area contributed by atoms with Crippen LogP contribution in [0.5, 0.6) is 0 Å². The van der Waals surface area contributed by atoms with Gasteiger partial charge in [0.2, 0.25) is 0 Å². The molecule has 2 N–H and O–H groups in total. The molecular weight excluding hydrogens is 289 g/mol. The minimum absolute atomic E-state index is 0.610. The van der Waals surface area contributed by atoms with E-state index in [1.807, 2.05) is 31.2 Å². The second kappa shape index (κ2) is 6.83. The molecule has 2 rings (SSSR count). The molecule has 0 aliphatic carbocycles. The number of nitrogens with two attached hydrogens (primary N) is 1. The Morgan fingerprint density at radius 2 is 1.32 bits per heavy atom. The van der Waals surface area contributed by atoms with Crippen LogP contribution in [-0.4, -0.2) is 11.4 Å². The molecule has 118 valence electrons. The zero-order valence-electron chi connectivity index (χ0n) is 12.4. The van der Waals surface area contributed by atoms with Gasteiger partial charge in [-0.25, -0.2) is 0 Å². The molecular formula is C17H19F3N2. The van der Waals surface area contributed by atoms with Crippen LogP contribution in [0.1, 0.15) is 23.6 Å². The molecule has 0 heterocycles. The fraction of sp³-hybridized carbons (Fsp3) is 0.294. The van der Waals surface area contributed by atoms with Gasteiger partial charge >= 0.3 is 6.18 Å². The van der Waals surface area contributed by atoms with Crippen LogP contribution in [0.3, 0.4) is 0 Å². The molecule has 22 heavy (non-hydrogen) atoms. The summed E-state index contributed by atoms with van der Waals surface area (Å²) in [7, 11) is 0. The Hall–Kier alpha value is -2.01. The SMILES string of the molecule is CCN(Cc1ccc(N)cc1)Cc1ccc(C(F)(F)F)cc1.